The van der Waals surface area contributed by atoms with Crippen molar-refractivity contribution in [3.8, 4) is 17.1 Å². The molecule has 1 atom stereocenters. The Labute approximate surface area is 196 Å². The zero-order valence-electron chi connectivity index (χ0n) is 18.7. The van der Waals surface area contributed by atoms with Crippen molar-refractivity contribution in [2.75, 3.05) is 6.61 Å². The van der Waals surface area contributed by atoms with Gasteiger partial charge in [-0.25, -0.2) is 9.07 Å². The third-order valence-electron chi connectivity index (χ3n) is 5.79. The maximum Gasteiger partial charge on any atom is 0.191 e. The molecule has 1 aliphatic rings. The minimum absolute atomic E-state index is 0.152. The first-order valence-corrected chi connectivity index (χ1v) is 12.1. The van der Waals surface area contributed by atoms with Crippen LogP contribution in [0.1, 0.15) is 29.8 Å². The normalized spacial score (nSPS) is 15.9. The lowest BCUT2D eigenvalue weighted by Crippen LogP contribution is -2.16. The molecule has 0 amide bonds. The van der Waals surface area contributed by atoms with Crippen molar-refractivity contribution >= 4 is 11.8 Å². The molecule has 1 aliphatic heterocycles. The Bertz CT molecular complexity index is 1230. The van der Waals surface area contributed by atoms with Crippen molar-refractivity contribution in [2.45, 2.75) is 50.2 Å². The molecule has 8 heteroatoms. The van der Waals surface area contributed by atoms with Crippen LogP contribution in [0, 0.1) is 19.7 Å². The molecular formula is C25H26FN5OS. The van der Waals surface area contributed by atoms with Crippen LogP contribution in [0.4, 0.5) is 4.39 Å². The SMILES string of the molecule is Cc1cc(C)n(-c2ccc(CSc3nnc(-c4ccc(F)cc4)n3CC3CCCO3)cc2)n1. The molecule has 0 saturated carbocycles. The summed E-state index contributed by atoms with van der Waals surface area (Å²) in [6.45, 7) is 5.55. The number of hydrogen-bond acceptors (Lipinski definition) is 5. The largest absolute Gasteiger partial charge is 0.376 e. The van der Waals surface area contributed by atoms with Crippen LogP contribution in [-0.2, 0) is 17.0 Å². The van der Waals surface area contributed by atoms with Gasteiger partial charge in [-0.05, 0) is 74.7 Å². The van der Waals surface area contributed by atoms with Crippen molar-refractivity contribution in [1.82, 2.24) is 24.5 Å². The van der Waals surface area contributed by atoms with Gasteiger partial charge in [0.2, 0.25) is 0 Å². The minimum Gasteiger partial charge on any atom is -0.376 e. The number of hydrogen-bond donors (Lipinski definition) is 0. The van der Waals surface area contributed by atoms with E-state index in [9.17, 15) is 4.39 Å². The first-order valence-electron chi connectivity index (χ1n) is 11.1. The number of benzene rings is 2. The van der Waals surface area contributed by atoms with Crippen molar-refractivity contribution < 1.29 is 9.13 Å². The summed E-state index contributed by atoms with van der Waals surface area (Å²) in [5, 5.41) is 14.3. The van der Waals surface area contributed by atoms with Gasteiger partial charge in [0.15, 0.2) is 11.0 Å². The number of nitrogens with zero attached hydrogens (tertiary/aromatic N) is 5. The third kappa shape index (κ3) is 4.86. The van der Waals surface area contributed by atoms with E-state index in [-0.39, 0.29) is 11.9 Å². The van der Waals surface area contributed by atoms with Crippen LogP contribution in [0.3, 0.4) is 0 Å². The first kappa shape index (κ1) is 21.9. The molecule has 1 fully saturated rings. The van der Waals surface area contributed by atoms with Gasteiger partial charge in [-0.1, -0.05) is 23.9 Å². The highest BCUT2D eigenvalue weighted by atomic mass is 32.2. The average molecular weight is 464 g/mol. The fourth-order valence-corrected chi connectivity index (χ4v) is 5.04. The molecule has 170 valence electrons. The molecule has 6 nitrogen and oxygen atoms in total. The zero-order valence-corrected chi connectivity index (χ0v) is 19.6. The molecule has 3 heterocycles. The molecule has 1 saturated heterocycles. The van der Waals surface area contributed by atoms with Crippen LogP contribution >= 0.6 is 11.8 Å². The Morgan fingerprint density at radius 2 is 1.85 bits per heavy atom. The molecule has 0 bridgehead atoms. The summed E-state index contributed by atoms with van der Waals surface area (Å²) in [6.07, 6.45) is 2.25. The quantitative estimate of drug-likeness (QED) is 0.346. The average Bonchev–Trinajstić information content (AvgIpc) is 3.55. The second kappa shape index (κ2) is 9.49. The monoisotopic (exact) mass is 463 g/mol. The summed E-state index contributed by atoms with van der Waals surface area (Å²) >= 11 is 1.65. The molecule has 2 aromatic carbocycles. The smallest absolute Gasteiger partial charge is 0.191 e. The second-order valence-electron chi connectivity index (χ2n) is 8.35. The van der Waals surface area contributed by atoms with Gasteiger partial charge in [0, 0.05) is 23.6 Å². The van der Waals surface area contributed by atoms with Gasteiger partial charge in [-0.3, -0.25) is 4.57 Å². The highest BCUT2D eigenvalue weighted by Crippen LogP contribution is 2.29. The highest BCUT2D eigenvalue weighted by molar-refractivity contribution is 7.98. The van der Waals surface area contributed by atoms with Gasteiger partial charge in [0.05, 0.1) is 24.0 Å². The third-order valence-corrected chi connectivity index (χ3v) is 6.83. The lowest BCUT2D eigenvalue weighted by molar-refractivity contribution is 0.0953. The van der Waals surface area contributed by atoms with E-state index >= 15 is 0 Å². The predicted octanol–water partition coefficient (Wildman–Crippen LogP) is 5.36. The molecule has 1 unspecified atom stereocenters. The molecule has 2 aromatic heterocycles. The van der Waals surface area contributed by atoms with Crippen molar-refractivity contribution in [2.24, 2.45) is 0 Å². The van der Waals surface area contributed by atoms with Gasteiger partial charge >= 0.3 is 0 Å². The van der Waals surface area contributed by atoms with E-state index in [4.69, 9.17) is 4.74 Å². The molecule has 5 rings (SSSR count). The number of rotatable bonds is 7. The van der Waals surface area contributed by atoms with Gasteiger partial charge in [0.25, 0.3) is 0 Å². The van der Waals surface area contributed by atoms with E-state index in [1.165, 1.54) is 17.7 Å². The van der Waals surface area contributed by atoms with E-state index in [2.05, 4.69) is 57.1 Å². The summed E-state index contributed by atoms with van der Waals surface area (Å²) in [5.41, 5.74) is 5.22. The standard InChI is InChI=1S/C25H26FN5OS/c1-17-14-18(2)31(29-17)22-11-5-19(6-12-22)16-33-25-28-27-24(20-7-9-21(26)10-8-20)30(25)15-23-4-3-13-32-23/h5-12,14,23H,3-4,13,15-16H2,1-2H3. The molecule has 4 aromatic rings. The molecule has 0 N–H and O–H groups in total. The Kier molecular flexibility index (Phi) is 6.28. The second-order valence-corrected chi connectivity index (χ2v) is 9.30. The van der Waals surface area contributed by atoms with Gasteiger partial charge in [-0.15, -0.1) is 10.2 Å². The number of ether oxygens (including phenoxy) is 1. The molecule has 0 aliphatic carbocycles. The van der Waals surface area contributed by atoms with Crippen LogP contribution in [0.25, 0.3) is 17.1 Å². The van der Waals surface area contributed by atoms with E-state index in [0.29, 0.717) is 6.54 Å². The lowest BCUT2D eigenvalue weighted by atomic mass is 10.2. The van der Waals surface area contributed by atoms with Crippen molar-refractivity contribution in [3.05, 3.63) is 77.4 Å². The maximum atomic E-state index is 13.4. The number of thioether (sulfide) groups is 1. The topological polar surface area (TPSA) is 57.8 Å². The van der Waals surface area contributed by atoms with E-state index < -0.39 is 0 Å². The molecular weight excluding hydrogens is 437 g/mol. The van der Waals surface area contributed by atoms with E-state index in [1.54, 1.807) is 23.9 Å². The zero-order chi connectivity index (χ0) is 22.8. The maximum absolute atomic E-state index is 13.4. The summed E-state index contributed by atoms with van der Waals surface area (Å²) in [6, 6.07) is 16.9. The Morgan fingerprint density at radius 3 is 2.52 bits per heavy atom. The molecule has 33 heavy (non-hydrogen) atoms. The summed E-state index contributed by atoms with van der Waals surface area (Å²) in [4.78, 5) is 0. The van der Waals surface area contributed by atoms with E-state index in [0.717, 1.165) is 58.8 Å². The summed E-state index contributed by atoms with van der Waals surface area (Å²) < 4.78 is 23.4. The highest BCUT2D eigenvalue weighted by Gasteiger charge is 2.22. The number of aromatic nitrogens is 5. The summed E-state index contributed by atoms with van der Waals surface area (Å²) in [5.74, 6) is 1.25. The summed E-state index contributed by atoms with van der Waals surface area (Å²) in [7, 11) is 0. The van der Waals surface area contributed by atoms with E-state index in [1.807, 2.05) is 11.6 Å². The van der Waals surface area contributed by atoms with Gasteiger partial charge < -0.3 is 4.74 Å². The van der Waals surface area contributed by atoms with Crippen LogP contribution in [0.15, 0.2) is 59.8 Å². The lowest BCUT2D eigenvalue weighted by Gasteiger charge is -2.15. The van der Waals surface area contributed by atoms with Gasteiger partial charge in [0.1, 0.15) is 5.82 Å². The predicted molar refractivity (Wildman–Crippen MR) is 127 cm³/mol. The van der Waals surface area contributed by atoms with Crippen molar-refractivity contribution in [1.29, 1.82) is 0 Å². The molecule has 0 spiro atoms. The Morgan fingerprint density at radius 1 is 1.06 bits per heavy atom. The Hall–Kier alpha value is -2.97. The first-order chi connectivity index (χ1) is 16.1. The van der Waals surface area contributed by atoms with Crippen molar-refractivity contribution in [3.63, 3.8) is 0 Å². The van der Waals surface area contributed by atoms with Gasteiger partial charge in [-0.2, -0.15) is 5.10 Å². The van der Waals surface area contributed by atoms with Crippen LogP contribution < -0.4 is 0 Å². The van der Waals surface area contributed by atoms with Crippen LogP contribution in [0.5, 0.6) is 0 Å². The fourth-order valence-electron chi connectivity index (χ4n) is 4.14. The minimum atomic E-state index is -0.262. The fraction of sp³-hybridized carbons (Fsp3) is 0.320. The number of aryl methyl sites for hydroxylation is 2. The van der Waals surface area contributed by atoms with Crippen LogP contribution in [-0.4, -0.2) is 37.3 Å². The van der Waals surface area contributed by atoms with Crippen LogP contribution in [0.2, 0.25) is 0 Å². The Balaban J connectivity index is 1.35. The molecule has 0 radical (unpaired) electrons. The number of halogens is 1.